The highest BCUT2D eigenvalue weighted by Gasteiger charge is 2.19. The van der Waals surface area contributed by atoms with Crippen LogP contribution in [0.2, 0.25) is 0 Å². The van der Waals surface area contributed by atoms with Gasteiger partial charge in [0, 0.05) is 36.3 Å². The quantitative estimate of drug-likeness (QED) is 0.893. The van der Waals surface area contributed by atoms with Crippen LogP contribution < -0.4 is 5.32 Å². The van der Waals surface area contributed by atoms with Gasteiger partial charge in [0.05, 0.1) is 0 Å². The molecule has 1 aromatic carbocycles. The molecule has 1 saturated heterocycles. The number of nitriles is 1. The van der Waals surface area contributed by atoms with Gasteiger partial charge >= 0.3 is 0 Å². The monoisotopic (exact) mass is 371 g/mol. The molecule has 1 N–H and O–H groups in total. The predicted molar refractivity (Wildman–Crippen MR) is 92.8 cm³/mol. The molecular formula is C17H18BrN5. The van der Waals surface area contributed by atoms with E-state index < -0.39 is 0 Å². The van der Waals surface area contributed by atoms with Gasteiger partial charge in [0.25, 0.3) is 0 Å². The Bertz CT molecular complexity index is 687. The Balaban J connectivity index is 1.50. The second-order valence-corrected chi connectivity index (χ2v) is 6.61. The van der Waals surface area contributed by atoms with Crippen molar-refractivity contribution in [1.82, 2.24) is 14.9 Å². The van der Waals surface area contributed by atoms with E-state index in [0.717, 1.165) is 42.8 Å². The maximum atomic E-state index is 8.85. The van der Waals surface area contributed by atoms with Crippen LogP contribution in [-0.4, -0.2) is 34.0 Å². The molecule has 23 heavy (non-hydrogen) atoms. The van der Waals surface area contributed by atoms with Gasteiger partial charge in [0.15, 0.2) is 0 Å². The summed E-state index contributed by atoms with van der Waals surface area (Å²) in [5.74, 6) is 0.950. The van der Waals surface area contributed by atoms with Crippen molar-refractivity contribution in [2.24, 2.45) is 0 Å². The van der Waals surface area contributed by atoms with E-state index in [0.29, 0.717) is 6.04 Å². The van der Waals surface area contributed by atoms with Gasteiger partial charge in [0.2, 0.25) is 5.82 Å². The van der Waals surface area contributed by atoms with Crippen LogP contribution in [0.4, 0.5) is 5.82 Å². The van der Waals surface area contributed by atoms with Crippen molar-refractivity contribution in [2.45, 2.75) is 25.4 Å². The first kappa shape index (κ1) is 15.9. The predicted octanol–water partition coefficient (Wildman–Crippen LogP) is 3.19. The average Bonchev–Trinajstić information content (AvgIpc) is 2.59. The van der Waals surface area contributed by atoms with Crippen molar-refractivity contribution in [3.63, 3.8) is 0 Å². The van der Waals surface area contributed by atoms with E-state index in [1.807, 2.05) is 12.1 Å². The molecular weight excluding hydrogens is 354 g/mol. The van der Waals surface area contributed by atoms with Gasteiger partial charge in [-0.3, -0.25) is 4.90 Å². The first-order valence-electron chi connectivity index (χ1n) is 7.69. The number of rotatable bonds is 4. The van der Waals surface area contributed by atoms with Crippen molar-refractivity contribution in [3.05, 3.63) is 52.4 Å². The highest BCUT2D eigenvalue weighted by atomic mass is 79.9. The first-order chi connectivity index (χ1) is 11.2. The van der Waals surface area contributed by atoms with Crippen LogP contribution in [0.15, 0.2) is 41.0 Å². The minimum Gasteiger partial charge on any atom is -0.367 e. The lowest BCUT2D eigenvalue weighted by molar-refractivity contribution is 0.211. The highest BCUT2D eigenvalue weighted by molar-refractivity contribution is 9.10. The summed E-state index contributed by atoms with van der Waals surface area (Å²) < 4.78 is 1.12. The van der Waals surface area contributed by atoms with Crippen LogP contribution in [0.25, 0.3) is 0 Å². The summed E-state index contributed by atoms with van der Waals surface area (Å²) in [6.07, 6.45) is 3.77. The lowest BCUT2D eigenvalue weighted by Gasteiger charge is -2.32. The Morgan fingerprint density at radius 2 is 1.96 bits per heavy atom. The van der Waals surface area contributed by atoms with E-state index >= 15 is 0 Å². The summed E-state index contributed by atoms with van der Waals surface area (Å²) >= 11 is 3.47. The fourth-order valence-electron chi connectivity index (χ4n) is 2.79. The van der Waals surface area contributed by atoms with E-state index in [9.17, 15) is 0 Å². The van der Waals surface area contributed by atoms with E-state index in [2.05, 4.69) is 60.4 Å². The topological polar surface area (TPSA) is 64.8 Å². The summed E-state index contributed by atoms with van der Waals surface area (Å²) in [5.41, 5.74) is 1.34. The fraction of sp³-hybridized carbons (Fsp3) is 0.353. The molecule has 6 heteroatoms. The third-order valence-electron chi connectivity index (χ3n) is 4.01. The van der Waals surface area contributed by atoms with Crippen molar-refractivity contribution in [1.29, 1.82) is 5.26 Å². The van der Waals surface area contributed by atoms with Crippen LogP contribution in [0, 0.1) is 11.3 Å². The van der Waals surface area contributed by atoms with Crippen LogP contribution >= 0.6 is 15.9 Å². The van der Waals surface area contributed by atoms with Gasteiger partial charge in [-0.1, -0.05) is 28.1 Å². The molecule has 5 nitrogen and oxygen atoms in total. The van der Waals surface area contributed by atoms with Crippen LogP contribution in [0.1, 0.15) is 24.2 Å². The molecule has 1 fully saturated rings. The second-order valence-electron chi connectivity index (χ2n) is 5.70. The number of nitrogens with zero attached hydrogens (tertiary/aromatic N) is 4. The molecule has 0 radical (unpaired) electrons. The second kappa shape index (κ2) is 7.53. The summed E-state index contributed by atoms with van der Waals surface area (Å²) in [7, 11) is 0. The van der Waals surface area contributed by atoms with Gasteiger partial charge in [-0.05, 0) is 36.6 Å². The molecule has 0 aliphatic carbocycles. The fourth-order valence-corrected chi connectivity index (χ4v) is 3.05. The highest BCUT2D eigenvalue weighted by Crippen LogP contribution is 2.18. The van der Waals surface area contributed by atoms with Crippen molar-refractivity contribution < 1.29 is 0 Å². The van der Waals surface area contributed by atoms with Crippen molar-refractivity contribution in [3.8, 4) is 6.07 Å². The van der Waals surface area contributed by atoms with Crippen molar-refractivity contribution in [2.75, 3.05) is 18.4 Å². The molecule has 3 rings (SSSR count). The van der Waals surface area contributed by atoms with E-state index in [4.69, 9.17) is 5.26 Å². The van der Waals surface area contributed by atoms with Crippen LogP contribution in [0.5, 0.6) is 0 Å². The number of hydrogen-bond acceptors (Lipinski definition) is 5. The summed E-state index contributed by atoms with van der Waals surface area (Å²) in [5, 5.41) is 12.3. The summed E-state index contributed by atoms with van der Waals surface area (Å²) in [6.45, 7) is 3.11. The Labute approximate surface area is 144 Å². The minimum atomic E-state index is 0.211. The van der Waals surface area contributed by atoms with Gasteiger partial charge < -0.3 is 5.32 Å². The molecule has 2 heterocycles. The molecule has 0 amide bonds. The zero-order valence-corrected chi connectivity index (χ0v) is 14.3. The number of halogens is 1. The summed E-state index contributed by atoms with van der Waals surface area (Å²) in [4.78, 5) is 10.5. The van der Waals surface area contributed by atoms with Crippen molar-refractivity contribution >= 4 is 21.7 Å². The third kappa shape index (κ3) is 4.50. The molecule has 0 bridgehead atoms. The minimum absolute atomic E-state index is 0.211. The average molecular weight is 372 g/mol. The number of aromatic nitrogens is 2. The standard InChI is InChI=1S/C17H18BrN5/c18-14-3-1-13(2-4-14)12-23-9-6-15(7-10-23)21-16-5-8-20-17(11-19)22-16/h1-5,8,15H,6-7,9-10,12H2,(H,20,21,22). The summed E-state index contributed by atoms with van der Waals surface area (Å²) in [6, 6.07) is 12.7. The van der Waals surface area contributed by atoms with Gasteiger partial charge in [-0.15, -0.1) is 0 Å². The lowest BCUT2D eigenvalue weighted by Crippen LogP contribution is -2.38. The Morgan fingerprint density at radius 1 is 1.22 bits per heavy atom. The SMILES string of the molecule is N#Cc1nccc(NC2CCN(Cc3ccc(Br)cc3)CC2)n1. The molecule has 0 saturated carbocycles. The molecule has 118 valence electrons. The van der Waals surface area contributed by atoms with E-state index in [1.54, 1.807) is 6.20 Å². The normalized spacial score (nSPS) is 16.0. The number of anilines is 1. The number of piperidine rings is 1. The smallest absolute Gasteiger partial charge is 0.234 e. The molecule has 0 unspecified atom stereocenters. The number of benzene rings is 1. The Morgan fingerprint density at radius 3 is 2.65 bits per heavy atom. The molecule has 2 aromatic rings. The zero-order chi connectivity index (χ0) is 16.1. The molecule has 0 atom stereocenters. The zero-order valence-electron chi connectivity index (χ0n) is 12.7. The molecule has 1 aromatic heterocycles. The maximum absolute atomic E-state index is 8.85. The number of likely N-dealkylation sites (tertiary alicyclic amines) is 1. The lowest BCUT2D eigenvalue weighted by atomic mass is 10.0. The molecule has 1 aliphatic heterocycles. The Kier molecular flexibility index (Phi) is 5.21. The van der Waals surface area contributed by atoms with Gasteiger partial charge in [-0.2, -0.15) is 5.26 Å². The van der Waals surface area contributed by atoms with E-state index in [1.165, 1.54) is 5.56 Å². The van der Waals surface area contributed by atoms with Gasteiger partial charge in [-0.25, -0.2) is 9.97 Å². The molecule has 1 aliphatic rings. The largest absolute Gasteiger partial charge is 0.367 e. The molecule has 0 spiro atoms. The maximum Gasteiger partial charge on any atom is 0.234 e. The van der Waals surface area contributed by atoms with Gasteiger partial charge in [0.1, 0.15) is 11.9 Å². The first-order valence-corrected chi connectivity index (χ1v) is 8.49. The number of nitrogens with one attached hydrogen (secondary N) is 1. The third-order valence-corrected chi connectivity index (χ3v) is 4.54. The number of hydrogen-bond donors (Lipinski definition) is 1. The Hall–Kier alpha value is -1.97. The van der Waals surface area contributed by atoms with Crippen LogP contribution in [-0.2, 0) is 6.54 Å². The van der Waals surface area contributed by atoms with E-state index in [-0.39, 0.29) is 5.82 Å². The van der Waals surface area contributed by atoms with Crippen LogP contribution in [0.3, 0.4) is 0 Å².